The van der Waals surface area contributed by atoms with Gasteiger partial charge in [0, 0.05) is 12.0 Å². The molecule has 4 rings (SSSR count). The van der Waals surface area contributed by atoms with Crippen LogP contribution in [0.5, 0.6) is 17.2 Å². The lowest BCUT2D eigenvalue weighted by molar-refractivity contribution is -0.417. The van der Waals surface area contributed by atoms with E-state index in [0.29, 0.717) is 52.6 Å². The highest BCUT2D eigenvalue weighted by molar-refractivity contribution is 5.84. The summed E-state index contributed by atoms with van der Waals surface area (Å²) in [5, 5.41) is 9.18. The predicted octanol–water partition coefficient (Wildman–Crippen LogP) is 1.70. The number of quaternary nitrogens is 1. The smallest absolute Gasteiger partial charge is 0.430 e. The Morgan fingerprint density at radius 2 is 1.69 bits per heavy atom. The molecule has 3 aromatic rings. The Bertz CT molecular complexity index is 1330. The Balaban J connectivity index is 0.000000454. The van der Waals surface area contributed by atoms with Crippen molar-refractivity contribution >= 4 is 22.9 Å². The minimum absolute atomic E-state index is 0.0643. The van der Waals surface area contributed by atoms with E-state index in [9.17, 15) is 22.8 Å². The molecule has 0 fully saturated rings. The van der Waals surface area contributed by atoms with Crippen LogP contribution in [-0.2, 0) is 9.59 Å². The Hall–Kier alpha value is -4.06. The molecular formula is C24H22F3NO8. The largest absolute Gasteiger partial charge is 0.542 e. The van der Waals surface area contributed by atoms with Gasteiger partial charge in [0.15, 0.2) is 23.0 Å². The number of alkyl halides is 3. The molecule has 1 aliphatic rings. The Morgan fingerprint density at radius 1 is 1.06 bits per heavy atom. The van der Waals surface area contributed by atoms with Gasteiger partial charge >= 0.3 is 12.1 Å². The van der Waals surface area contributed by atoms with E-state index >= 15 is 0 Å². The highest BCUT2D eigenvalue weighted by Crippen LogP contribution is 2.34. The van der Waals surface area contributed by atoms with Crippen LogP contribution in [0.1, 0.15) is 13.8 Å². The third kappa shape index (κ3) is 6.13. The second-order valence-electron chi connectivity index (χ2n) is 8.05. The van der Waals surface area contributed by atoms with Crippen molar-refractivity contribution < 1.29 is 52.2 Å². The lowest BCUT2D eigenvalue weighted by atomic mass is 10.0. The van der Waals surface area contributed by atoms with Crippen molar-refractivity contribution in [2.45, 2.75) is 26.1 Å². The Kier molecular flexibility index (Phi) is 7.88. The maximum Gasteiger partial charge on any atom is 0.430 e. The van der Waals surface area contributed by atoms with Gasteiger partial charge in [-0.25, -0.2) is 4.79 Å². The van der Waals surface area contributed by atoms with E-state index < -0.39 is 24.2 Å². The first-order chi connectivity index (χ1) is 16.9. The van der Waals surface area contributed by atoms with Gasteiger partial charge < -0.3 is 34.3 Å². The van der Waals surface area contributed by atoms with Crippen LogP contribution in [0.25, 0.3) is 22.1 Å². The van der Waals surface area contributed by atoms with Crippen LogP contribution < -0.4 is 30.5 Å². The molecule has 192 valence electrons. The van der Waals surface area contributed by atoms with Gasteiger partial charge in [-0.1, -0.05) is 19.9 Å². The molecule has 1 aromatic heterocycles. The molecule has 9 nitrogen and oxygen atoms in total. The van der Waals surface area contributed by atoms with Crippen molar-refractivity contribution in [3.8, 4) is 28.4 Å². The number of carboxylic acids is 1. The maximum absolute atomic E-state index is 13.0. The summed E-state index contributed by atoms with van der Waals surface area (Å²) in [4.78, 5) is 33.9. The van der Waals surface area contributed by atoms with Gasteiger partial charge in [0.05, 0.1) is 10.9 Å². The van der Waals surface area contributed by atoms with E-state index in [-0.39, 0.29) is 11.3 Å². The van der Waals surface area contributed by atoms with Gasteiger partial charge in [-0.2, -0.15) is 13.2 Å². The van der Waals surface area contributed by atoms with Crippen LogP contribution in [0.3, 0.4) is 0 Å². The summed E-state index contributed by atoms with van der Waals surface area (Å²) in [7, 11) is 0. The highest BCUT2D eigenvalue weighted by Gasteiger charge is 2.29. The number of benzene rings is 2. The van der Waals surface area contributed by atoms with Crippen molar-refractivity contribution in [2.24, 2.45) is 5.92 Å². The maximum atomic E-state index is 13.0. The summed E-state index contributed by atoms with van der Waals surface area (Å²) in [5.74, 6) is -1.80. The van der Waals surface area contributed by atoms with Crippen molar-refractivity contribution in [2.75, 3.05) is 13.2 Å². The third-order valence-corrected chi connectivity index (χ3v) is 5.16. The number of esters is 1. The fraction of sp³-hybridized carbons (Fsp3) is 0.292. The summed E-state index contributed by atoms with van der Waals surface area (Å²) in [5.41, 5.74) is 5.07. The lowest BCUT2D eigenvalue weighted by Gasteiger charge is -2.18. The minimum Gasteiger partial charge on any atom is -0.542 e. The molecular weight excluding hydrogens is 487 g/mol. The topological polar surface area (TPSA) is 143 Å². The average Bonchev–Trinajstić information content (AvgIpc) is 2.83. The van der Waals surface area contributed by atoms with Crippen LogP contribution in [0.2, 0.25) is 0 Å². The first kappa shape index (κ1) is 26.5. The molecule has 0 amide bonds. The quantitative estimate of drug-likeness (QED) is 0.414. The van der Waals surface area contributed by atoms with Gasteiger partial charge in [0.25, 0.3) is 0 Å². The van der Waals surface area contributed by atoms with Gasteiger partial charge in [0.1, 0.15) is 36.8 Å². The number of ether oxygens (including phenoxy) is 3. The van der Waals surface area contributed by atoms with Crippen molar-refractivity contribution in [1.82, 2.24) is 0 Å². The van der Waals surface area contributed by atoms with Crippen molar-refractivity contribution in [1.29, 1.82) is 0 Å². The summed E-state index contributed by atoms with van der Waals surface area (Å²) >= 11 is 0. The minimum atomic E-state index is -5.19. The fourth-order valence-electron chi connectivity index (χ4n) is 3.05. The van der Waals surface area contributed by atoms with Gasteiger partial charge in [-0.05, 0) is 29.8 Å². The highest BCUT2D eigenvalue weighted by atomic mass is 19.4. The van der Waals surface area contributed by atoms with Crippen LogP contribution in [-0.4, -0.2) is 37.4 Å². The number of hydrogen-bond donors (Lipinski definition) is 1. The average molecular weight is 509 g/mol. The molecule has 1 atom stereocenters. The number of rotatable bonds is 4. The molecule has 1 aliphatic heterocycles. The molecule has 0 spiro atoms. The molecule has 0 saturated heterocycles. The number of carboxylic acid groups (broad SMARTS) is 1. The first-order valence-electron chi connectivity index (χ1n) is 10.7. The standard InChI is InChI=1S/C22H21NO6.C2HF3O2/c1-12(2)20(23)22(25)29-14-4-5-15-18(10-14)28-11-16(21(15)24)13-3-6-17-19(9-13)27-8-7-26-17;3-2(4,5)1(6)7/h3-6,9-12,20H,7-8,23H2,1-2H3;(H,6,7)/t20-;/m1./s1. The summed E-state index contributed by atoms with van der Waals surface area (Å²) in [6.45, 7) is 4.77. The molecule has 0 unspecified atom stereocenters. The third-order valence-electron chi connectivity index (χ3n) is 5.16. The zero-order chi connectivity index (χ0) is 26.6. The zero-order valence-corrected chi connectivity index (χ0v) is 19.2. The molecule has 12 heteroatoms. The SMILES string of the molecule is CC(C)[C@@H]([NH3+])C(=O)Oc1ccc2c(=O)c(-c3ccc4c(c3)OCCO4)coc2c1.O=C([O-])C(F)(F)F. The van der Waals surface area contributed by atoms with Crippen LogP contribution in [0.4, 0.5) is 13.2 Å². The number of carbonyl (C=O) groups is 2. The monoisotopic (exact) mass is 509 g/mol. The molecule has 2 heterocycles. The Labute approximate surface area is 202 Å². The fourth-order valence-corrected chi connectivity index (χ4v) is 3.05. The van der Waals surface area contributed by atoms with Crippen molar-refractivity contribution in [3.05, 3.63) is 52.9 Å². The number of aliphatic carboxylic acids is 1. The molecule has 3 N–H and O–H groups in total. The summed E-state index contributed by atoms with van der Waals surface area (Å²) < 4.78 is 53.7. The second-order valence-corrected chi connectivity index (χ2v) is 8.05. The van der Waals surface area contributed by atoms with Crippen LogP contribution in [0.15, 0.2) is 51.9 Å². The van der Waals surface area contributed by atoms with Crippen LogP contribution >= 0.6 is 0 Å². The van der Waals surface area contributed by atoms with Crippen LogP contribution in [0, 0.1) is 5.92 Å². The molecule has 36 heavy (non-hydrogen) atoms. The number of hydrogen-bond acceptors (Lipinski definition) is 8. The van der Waals surface area contributed by atoms with Gasteiger partial charge in [-0.15, -0.1) is 0 Å². The molecule has 2 aromatic carbocycles. The number of carbonyl (C=O) groups excluding carboxylic acids is 2. The van der Waals surface area contributed by atoms with Crippen molar-refractivity contribution in [3.63, 3.8) is 0 Å². The van der Waals surface area contributed by atoms with E-state index in [4.69, 9.17) is 28.5 Å². The van der Waals surface area contributed by atoms with E-state index in [1.165, 1.54) is 12.3 Å². The summed E-state index contributed by atoms with van der Waals surface area (Å²) in [6, 6.07) is 9.58. The molecule has 0 saturated carbocycles. The van der Waals surface area contributed by atoms with Gasteiger partial charge in [0.2, 0.25) is 0 Å². The zero-order valence-electron chi connectivity index (χ0n) is 19.2. The van der Waals surface area contributed by atoms with E-state index in [1.807, 2.05) is 13.8 Å². The molecule has 0 aliphatic carbocycles. The van der Waals surface area contributed by atoms with Gasteiger partial charge in [-0.3, -0.25) is 4.79 Å². The Morgan fingerprint density at radius 3 is 2.31 bits per heavy atom. The molecule has 0 radical (unpaired) electrons. The van der Waals surface area contributed by atoms with E-state index in [0.717, 1.165) is 0 Å². The van der Waals surface area contributed by atoms with E-state index in [1.54, 1.807) is 30.3 Å². The first-order valence-corrected chi connectivity index (χ1v) is 10.7. The number of fused-ring (bicyclic) bond motifs is 2. The second kappa shape index (κ2) is 10.7. The molecule has 0 bridgehead atoms. The summed E-state index contributed by atoms with van der Waals surface area (Å²) in [6.07, 6.45) is -3.79. The number of halogens is 3. The normalized spacial score (nSPS) is 13.5. The lowest BCUT2D eigenvalue weighted by Crippen LogP contribution is -2.68. The predicted molar refractivity (Wildman–Crippen MR) is 117 cm³/mol. The van der Waals surface area contributed by atoms with E-state index in [2.05, 4.69) is 5.73 Å².